The van der Waals surface area contributed by atoms with E-state index in [0.29, 0.717) is 5.69 Å². The monoisotopic (exact) mass is 296 g/mol. The third-order valence-corrected chi connectivity index (χ3v) is 2.58. The lowest BCUT2D eigenvalue weighted by atomic mass is 10.0. The Hall–Kier alpha value is -2.36. The van der Waals surface area contributed by atoms with E-state index < -0.39 is 7.25 Å². The zero-order chi connectivity index (χ0) is 15.9. The summed E-state index contributed by atoms with van der Waals surface area (Å²) in [4.78, 5) is 3.29. The fourth-order valence-corrected chi connectivity index (χ4v) is 1.80. The van der Waals surface area contributed by atoms with Crippen molar-refractivity contribution in [1.29, 1.82) is 5.39 Å². The molecule has 0 aliphatic rings. The van der Waals surface area contributed by atoms with Crippen LogP contribution in [0.15, 0.2) is 48.5 Å². The first kappa shape index (κ1) is 16.7. The van der Waals surface area contributed by atoms with Crippen LogP contribution < -0.4 is 0 Å². The predicted octanol–water partition coefficient (Wildman–Crippen LogP) is 5.37. The normalized spacial score (nSPS) is 10.3. The first-order valence-corrected chi connectivity index (χ1v) is 6.15. The Kier molecular flexibility index (Phi) is 5.91. The largest absolute Gasteiger partial charge is 0.673 e. The van der Waals surface area contributed by atoms with E-state index in [4.69, 9.17) is 5.39 Å². The van der Waals surface area contributed by atoms with Gasteiger partial charge in [-0.2, -0.15) is 0 Å². The molecule has 0 unspecified atom stereocenters. The van der Waals surface area contributed by atoms with Gasteiger partial charge in [0.2, 0.25) is 5.39 Å². The van der Waals surface area contributed by atoms with E-state index >= 15 is 0 Å². The molecule has 21 heavy (non-hydrogen) atoms. The number of hydrogen-bond acceptors (Lipinski definition) is 1. The molecule has 0 fully saturated rings. The van der Waals surface area contributed by atoms with Gasteiger partial charge in [0.25, 0.3) is 0 Å². The van der Waals surface area contributed by atoms with Crippen molar-refractivity contribution >= 4 is 12.9 Å². The van der Waals surface area contributed by atoms with Gasteiger partial charge >= 0.3 is 12.9 Å². The second-order valence-electron chi connectivity index (χ2n) is 4.39. The SMILES string of the molecule is Cc1cccc(Cc2ccccc2[N+]#N)c1.F[B-](F)(F)F. The Balaban J connectivity index is 0.000000383. The minimum absolute atomic E-state index is 0.643. The van der Waals surface area contributed by atoms with Crippen molar-refractivity contribution in [3.63, 3.8) is 0 Å². The second-order valence-corrected chi connectivity index (χ2v) is 4.39. The highest BCUT2D eigenvalue weighted by Gasteiger charge is 2.20. The molecule has 2 aromatic rings. The fourth-order valence-electron chi connectivity index (χ4n) is 1.80. The Morgan fingerprint density at radius 1 is 1.00 bits per heavy atom. The van der Waals surface area contributed by atoms with Crippen LogP contribution in [0.5, 0.6) is 0 Å². The molecular formula is C14H13BF4N2. The van der Waals surface area contributed by atoms with Crippen molar-refractivity contribution in [3.8, 4) is 0 Å². The maximum atomic E-state index is 9.75. The number of diazo groups is 1. The van der Waals surface area contributed by atoms with Gasteiger partial charge in [-0.25, -0.2) is 0 Å². The molecule has 2 rings (SSSR count). The number of aryl methyl sites for hydroxylation is 1. The van der Waals surface area contributed by atoms with E-state index in [1.807, 2.05) is 30.3 Å². The van der Waals surface area contributed by atoms with Gasteiger partial charge in [0, 0.05) is 12.5 Å². The van der Waals surface area contributed by atoms with E-state index in [9.17, 15) is 17.3 Å². The third-order valence-electron chi connectivity index (χ3n) is 2.58. The summed E-state index contributed by atoms with van der Waals surface area (Å²) in [6.07, 6.45) is 0.794. The highest BCUT2D eigenvalue weighted by molar-refractivity contribution is 6.50. The molecule has 0 aliphatic heterocycles. The average molecular weight is 296 g/mol. The fraction of sp³-hybridized carbons (Fsp3) is 0.143. The lowest BCUT2D eigenvalue weighted by Crippen LogP contribution is -2.02. The number of nitrogens with zero attached hydrogens (tertiary/aromatic N) is 2. The molecule has 0 N–H and O–H groups in total. The summed E-state index contributed by atoms with van der Waals surface area (Å²) in [5.41, 5.74) is 4.16. The van der Waals surface area contributed by atoms with Crippen molar-refractivity contribution in [2.75, 3.05) is 0 Å². The van der Waals surface area contributed by atoms with E-state index in [2.05, 4.69) is 30.1 Å². The second kappa shape index (κ2) is 7.43. The molecule has 7 heteroatoms. The van der Waals surface area contributed by atoms with Crippen molar-refractivity contribution < 1.29 is 17.3 Å². The zero-order valence-electron chi connectivity index (χ0n) is 11.3. The molecular weight excluding hydrogens is 283 g/mol. The van der Waals surface area contributed by atoms with E-state index in [-0.39, 0.29) is 0 Å². The van der Waals surface area contributed by atoms with Gasteiger partial charge in [-0.3, -0.25) is 0 Å². The zero-order valence-corrected chi connectivity index (χ0v) is 11.3. The Labute approximate surface area is 120 Å². The minimum Gasteiger partial charge on any atom is -0.418 e. The van der Waals surface area contributed by atoms with E-state index in [0.717, 1.165) is 12.0 Å². The average Bonchev–Trinajstić information content (AvgIpc) is 2.37. The molecule has 2 aromatic carbocycles. The summed E-state index contributed by atoms with van der Waals surface area (Å²) in [6, 6.07) is 16.0. The quantitative estimate of drug-likeness (QED) is 0.416. The molecule has 0 amide bonds. The lowest BCUT2D eigenvalue weighted by molar-refractivity contribution is 0.368. The highest BCUT2D eigenvalue weighted by Crippen LogP contribution is 2.21. The van der Waals surface area contributed by atoms with Crippen LogP contribution in [0.2, 0.25) is 0 Å². The van der Waals surface area contributed by atoms with Crippen molar-refractivity contribution in [2.45, 2.75) is 13.3 Å². The molecule has 0 radical (unpaired) electrons. The minimum atomic E-state index is -6.00. The summed E-state index contributed by atoms with van der Waals surface area (Å²) >= 11 is 0. The Morgan fingerprint density at radius 3 is 2.19 bits per heavy atom. The topological polar surface area (TPSA) is 28.1 Å². The van der Waals surface area contributed by atoms with Crippen molar-refractivity contribution in [2.24, 2.45) is 0 Å². The lowest BCUT2D eigenvalue weighted by Gasteiger charge is -2.00. The molecule has 0 heterocycles. The number of halogens is 4. The first-order valence-electron chi connectivity index (χ1n) is 6.15. The van der Waals surface area contributed by atoms with Gasteiger partial charge in [0.05, 0.1) is 5.56 Å². The summed E-state index contributed by atoms with van der Waals surface area (Å²) < 4.78 is 39.0. The molecule has 0 saturated heterocycles. The summed E-state index contributed by atoms with van der Waals surface area (Å²) in [7, 11) is -6.00. The predicted molar refractivity (Wildman–Crippen MR) is 75.4 cm³/mol. The van der Waals surface area contributed by atoms with Gasteiger partial charge in [0.15, 0.2) is 4.98 Å². The molecule has 2 nitrogen and oxygen atoms in total. The van der Waals surface area contributed by atoms with Crippen LogP contribution in [-0.4, -0.2) is 7.25 Å². The van der Waals surface area contributed by atoms with Crippen LogP contribution in [0.4, 0.5) is 23.0 Å². The molecule has 0 bridgehead atoms. The summed E-state index contributed by atoms with van der Waals surface area (Å²) in [5, 5.41) is 8.88. The van der Waals surface area contributed by atoms with Gasteiger partial charge in [-0.15, -0.1) is 0 Å². The summed E-state index contributed by atoms with van der Waals surface area (Å²) in [5.74, 6) is 0. The van der Waals surface area contributed by atoms with Crippen LogP contribution in [0.25, 0.3) is 4.98 Å². The smallest absolute Gasteiger partial charge is 0.418 e. The van der Waals surface area contributed by atoms with Crippen molar-refractivity contribution in [3.05, 3.63) is 70.2 Å². The first-order chi connectivity index (χ1) is 9.79. The highest BCUT2D eigenvalue weighted by atomic mass is 19.5. The summed E-state index contributed by atoms with van der Waals surface area (Å²) in [6.45, 7) is 2.08. The van der Waals surface area contributed by atoms with Crippen molar-refractivity contribution in [1.82, 2.24) is 0 Å². The molecule has 0 saturated carbocycles. The molecule has 0 aromatic heterocycles. The van der Waals surface area contributed by atoms with Crippen LogP contribution in [-0.2, 0) is 6.42 Å². The van der Waals surface area contributed by atoms with Crippen LogP contribution in [0, 0.1) is 12.3 Å². The maximum absolute atomic E-state index is 9.75. The van der Waals surface area contributed by atoms with E-state index in [1.165, 1.54) is 11.1 Å². The molecule has 110 valence electrons. The molecule has 0 atom stereocenters. The standard InChI is InChI=1S/C14H13N2.BF4/c1-11-5-4-6-12(9-11)10-13-7-2-3-8-14(13)16-15;2-1(3,4)5/h2-9H,10H2,1H3;/q+1;-1. The van der Waals surface area contributed by atoms with E-state index in [1.54, 1.807) is 0 Å². The van der Waals surface area contributed by atoms with Crippen LogP contribution in [0.1, 0.15) is 16.7 Å². The van der Waals surface area contributed by atoms with Crippen LogP contribution >= 0.6 is 0 Å². The Bertz CT molecular complexity index is 629. The Morgan fingerprint density at radius 2 is 1.62 bits per heavy atom. The number of hydrogen-bond donors (Lipinski definition) is 0. The van der Waals surface area contributed by atoms with Gasteiger partial charge in [0.1, 0.15) is 0 Å². The number of benzene rings is 2. The van der Waals surface area contributed by atoms with Gasteiger partial charge in [-0.1, -0.05) is 48.0 Å². The molecule has 0 aliphatic carbocycles. The van der Waals surface area contributed by atoms with Crippen LogP contribution in [0.3, 0.4) is 0 Å². The van der Waals surface area contributed by atoms with Gasteiger partial charge < -0.3 is 17.3 Å². The van der Waals surface area contributed by atoms with Gasteiger partial charge in [-0.05, 0) is 12.5 Å². The number of rotatable bonds is 2. The third kappa shape index (κ3) is 7.11. The molecule has 0 spiro atoms. The maximum Gasteiger partial charge on any atom is 0.673 e.